The zero-order valence-corrected chi connectivity index (χ0v) is 15.3. The van der Waals surface area contributed by atoms with Gasteiger partial charge in [-0.2, -0.15) is 0 Å². The molecule has 130 valence electrons. The van der Waals surface area contributed by atoms with E-state index in [2.05, 4.69) is 10.3 Å². The quantitative estimate of drug-likeness (QED) is 0.719. The molecule has 1 aromatic rings. The first-order valence-electron chi connectivity index (χ1n) is 7.63. The molecule has 8 heteroatoms. The standard InChI is InChI=1S/C15H23Cl2N3O3/c1-5-9(3)18-14(21)11-8-23-12(19-11)7-20(10(4)6-2)15(22)13(16)17/h8-10,13H,5-7H2,1-4H3,(H,18,21). The zero-order chi connectivity index (χ0) is 17.6. The van der Waals surface area contributed by atoms with Crippen LogP contribution < -0.4 is 5.32 Å². The fourth-order valence-electron chi connectivity index (χ4n) is 1.83. The van der Waals surface area contributed by atoms with Crippen molar-refractivity contribution in [1.29, 1.82) is 0 Å². The van der Waals surface area contributed by atoms with E-state index < -0.39 is 10.7 Å². The Bertz CT molecular complexity index is 534. The highest BCUT2D eigenvalue weighted by Gasteiger charge is 2.26. The molecule has 1 heterocycles. The Kier molecular flexibility index (Phi) is 7.85. The van der Waals surface area contributed by atoms with Crippen LogP contribution in [-0.2, 0) is 11.3 Å². The van der Waals surface area contributed by atoms with Crippen LogP contribution in [0.3, 0.4) is 0 Å². The van der Waals surface area contributed by atoms with E-state index in [9.17, 15) is 9.59 Å². The van der Waals surface area contributed by atoms with Crippen LogP contribution in [0.2, 0.25) is 0 Å². The predicted octanol–water partition coefficient (Wildman–Crippen LogP) is 3.13. The number of carbonyl (C=O) groups excluding carboxylic acids is 2. The Morgan fingerprint density at radius 2 is 1.96 bits per heavy atom. The Morgan fingerprint density at radius 3 is 2.48 bits per heavy atom. The molecule has 0 saturated carbocycles. The van der Waals surface area contributed by atoms with Gasteiger partial charge in [0.05, 0.1) is 6.54 Å². The van der Waals surface area contributed by atoms with Crippen molar-refractivity contribution in [2.24, 2.45) is 0 Å². The van der Waals surface area contributed by atoms with Gasteiger partial charge in [-0.05, 0) is 26.7 Å². The maximum absolute atomic E-state index is 12.1. The summed E-state index contributed by atoms with van der Waals surface area (Å²) in [5, 5.41) is 2.80. The second-order valence-corrected chi connectivity index (χ2v) is 6.53. The highest BCUT2D eigenvalue weighted by Crippen LogP contribution is 2.16. The molecule has 1 rings (SSSR count). The van der Waals surface area contributed by atoms with E-state index >= 15 is 0 Å². The molecule has 1 N–H and O–H groups in total. The fraction of sp³-hybridized carbons (Fsp3) is 0.667. The van der Waals surface area contributed by atoms with Crippen LogP contribution in [0.1, 0.15) is 56.9 Å². The van der Waals surface area contributed by atoms with Gasteiger partial charge in [0, 0.05) is 12.1 Å². The minimum Gasteiger partial charge on any atom is -0.446 e. The molecule has 0 aliphatic carbocycles. The molecule has 0 fully saturated rings. The Balaban J connectivity index is 2.82. The molecular formula is C15H23Cl2N3O3. The molecular weight excluding hydrogens is 341 g/mol. The maximum atomic E-state index is 12.1. The third-order valence-corrected chi connectivity index (χ3v) is 4.05. The third kappa shape index (κ3) is 5.70. The second kappa shape index (κ2) is 9.13. The number of carbonyl (C=O) groups is 2. The lowest BCUT2D eigenvalue weighted by Gasteiger charge is -2.27. The summed E-state index contributed by atoms with van der Waals surface area (Å²) in [5.74, 6) is -0.447. The number of oxazole rings is 1. The molecule has 0 spiro atoms. The van der Waals surface area contributed by atoms with Crippen molar-refractivity contribution in [3.05, 3.63) is 17.8 Å². The van der Waals surface area contributed by atoms with Gasteiger partial charge in [-0.15, -0.1) is 0 Å². The molecule has 0 aliphatic rings. The Hall–Kier alpha value is -1.27. The number of nitrogens with zero attached hydrogens (tertiary/aromatic N) is 2. The highest BCUT2D eigenvalue weighted by molar-refractivity contribution is 6.53. The van der Waals surface area contributed by atoms with Crippen molar-refractivity contribution in [3.63, 3.8) is 0 Å². The van der Waals surface area contributed by atoms with Crippen LogP contribution in [0.4, 0.5) is 0 Å². The van der Waals surface area contributed by atoms with Crippen LogP contribution in [0, 0.1) is 0 Å². The molecule has 2 amide bonds. The lowest BCUT2D eigenvalue weighted by atomic mass is 10.2. The summed E-state index contributed by atoms with van der Waals surface area (Å²) in [6, 6.07) is -0.0270. The van der Waals surface area contributed by atoms with Crippen molar-refractivity contribution in [2.75, 3.05) is 0 Å². The number of rotatable bonds is 8. The number of nitrogens with one attached hydrogen (secondary N) is 1. The van der Waals surface area contributed by atoms with Crippen LogP contribution in [0.15, 0.2) is 10.7 Å². The van der Waals surface area contributed by atoms with Gasteiger partial charge in [-0.3, -0.25) is 9.59 Å². The number of halogens is 2. The lowest BCUT2D eigenvalue weighted by molar-refractivity contribution is -0.132. The van der Waals surface area contributed by atoms with E-state index in [1.54, 1.807) is 0 Å². The third-order valence-electron chi connectivity index (χ3n) is 3.67. The minimum absolute atomic E-state index is 0.0501. The van der Waals surface area contributed by atoms with E-state index in [0.29, 0.717) is 0 Å². The van der Waals surface area contributed by atoms with E-state index in [1.165, 1.54) is 11.2 Å². The van der Waals surface area contributed by atoms with Gasteiger partial charge in [0.25, 0.3) is 11.8 Å². The van der Waals surface area contributed by atoms with Crippen LogP contribution in [-0.4, -0.2) is 38.6 Å². The Labute approximate surface area is 146 Å². The molecule has 0 bridgehead atoms. The first kappa shape index (κ1) is 19.8. The van der Waals surface area contributed by atoms with Gasteiger partial charge in [0.1, 0.15) is 6.26 Å². The number of aromatic nitrogens is 1. The molecule has 0 saturated heterocycles. The first-order chi connectivity index (χ1) is 10.8. The first-order valence-corrected chi connectivity index (χ1v) is 8.51. The summed E-state index contributed by atoms with van der Waals surface area (Å²) in [4.78, 5) is 28.6. The summed E-state index contributed by atoms with van der Waals surface area (Å²) < 4.78 is 5.30. The summed E-state index contributed by atoms with van der Waals surface area (Å²) in [6.07, 6.45) is 2.83. The minimum atomic E-state index is -1.15. The number of hydrogen-bond acceptors (Lipinski definition) is 4. The molecule has 0 radical (unpaired) electrons. The van der Waals surface area contributed by atoms with Gasteiger partial charge >= 0.3 is 0 Å². The predicted molar refractivity (Wildman–Crippen MR) is 89.5 cm³/mol. The van der Waals surface area contributed by atoms with E-state index in [1.807, 2.05) is 27.7 Å². The molecule has 0 aliphatic heterocycles. The molecule has 2 atom stereocenters. The number of amides is 2. The van der Waals surface area contributed by atoms with Gasteiger partial charge in [0.2, 0.25) is 5.89 Å². The molecule has 6 nitrogen and oxygen atoms in total. The van der Waals surface area contributed by atoms with Crippen LogP contribution in [0.5, 0.6) is 0 Å². The largest absolute Gasteiger partial charge is 0.446 e. The summed E-state index contributed by atoms with van der Waals surface area (Å²) in [5.41, 5.74) is 0.185. The van der Waals surface area contributed by atoms with Crippen molar-refractivity contribution >= 4 is 35.0 Å². The van der Waals surface area contributed by atoms with E-state index in [4.69, 9.17) is 27.6 Å². The summed E-state index contributed by atoms with van der Waals surface area (Å²) in [6.45, 7) is 7.82. The van der Waals surface area contributed by atoms with Gasteiger partial charge in [-0.1, -0.05) is 37.0 Å². The average Bonchev–Trinajstić information content (AvgIpc) is 2.99. The molecule has 23 heavy (non-hydrogen) atoms. The van der Waals surface area contributed by atoms with Crippen molar-refractivity contribution in [2.45, 2.75) is 64.0 Å². The highest BCUT2D eigenvalue weighted by atomic mass is 35.5. The zero-order valence-electron chi connectivity index (χ0n) is 13.8. The SMILES string of the molecule is CCC(C)NC(=O)c1coc(CN(C(=O)C(Cl)Cl)C(C)CC)n1. The number of alkyl halides is 2. The monoisotopic (exact) mass is 363 g/mol. The Morgan fingerprint density at radius 1 is 1.30 bits per heavy atom. The molecule has 0 aromatic carbocycles. The smallest absolute Gasteiger partial charge is 0.273 e. The second-order valence-electron chi connectivity index (χ2n) is 5.43. The number of hydrogen-bond donors (Lipinski definition) is 1. The van der Waals surface area contributed by atoms with Gasteiger partial charge in [0.15, 0.2) is 10.5 Å². The van der Waals surface area contributed by atoms with E-state index in [-0.39, 0.29) is 36.1 Å². The van der Waals surface area contributed by atoms with Crippen molar-refractivity contribution in [3.8, 4) is 0 Å². The van der Waals surface area contributed by atoms with Crippen LogP contribution >= 0.6 is 23.2 Å². The topological polar surface area (TPSA) is 75.4 Å². The summed E-state index contributed by atoms with van der Waals surface area (Å²) in [7, 11) is 0. The van der Waals surface area contributed by atoms with Crippen molar-refractivity contribution in [1.82, 2.24) is 15.2 Å². The van der Waals surface area contributed by atoms with E-state index in [0.717, 1.165) is 12.8 Å². The lowest BCUT2D eigenvalue weighted by Crippen LogP contribution is -2.40. The van der Waals surface area contributed by atoms with Crippen LogP contribution in [0.25, 0.3) is 0 Å². The normalized spacial score (nSPS) is 13.7. The van der Waals surface area contributed by atoms with Gasteiger partial charge in [-0.25, -0.2) is 4.98 Å². The fourth-order valence-corrected chi connectivity index (χ4v) is 2.08. The van der Waals surface area contributed by atoms with Gasteiger partial charge < -0.3 is 14.6 Å². The van der Waals surface area contributed by atoms with Crippen molar-refractivity contribution < 1.29 is 14.0 Å². The molecule has 1 aromatic heterocycles. The summed E-state index contributed by atoms with van der Waals surface area (Å²) >= 11 is 11.4. The maximum Gasteiger partial charge on any atom is 0.273 e. The average molecular weight is 364 g/mol. The molecule has 2 unspecified atom stereocenters.